The molecule has 3 aliphatic rings. The molecular formula is C22H22N3O9+. The molecule has 0 spiro atoms. The number of nitrogens with two attached hydrogens (primary N) is 1. The van der Waals surface area contributed by atoms with Gasteiger partial charge < -0.3 is 29.4 Å². The molecular weight excluding hydrogens is 450 g/mol. The first-order valence-corrected chi connectivity index (χ1v) is 10.2. The number of ether oxygens (including phenoxy) is 5. The van der Waals surface area contributed by atoms with Crippen LogP contribution < -0.4 is 10.5 Å². The Kier molecular flexibility index (Phi) is 6.18. The Morgan fingerprint density at radius 2 is 1.71 bits per heavy atom. The number of hydrogen-bond acceptors (Lipinski definition) is 10. The molecule has 0 aromatic heterocycles. The standard InChI is InChI=1S/C22H21N3O9/c1-25(10-9-15(23)24-22(25)29)20-19-18(33-16(26)7-8-17(27)34-19)14(32-20)11-31-21(28)12-3-5-13(30-2)6-4-12/h3-10,14,18-20H,11H2,1-2H3,(H-,23,24,29)/p+1/b8-7-/t14-,18?,19+,20-,25?/m1/s1. The number of carbonyl (C=O) groups excluding carboxylic acids is 4. The molecule has 2 N–H and O–H groups in total. The molecule has 34 heavy (non-hydrogen) atoms. The van der Waals surface area contributed by atoms with Crippen molar-refractivity contribution in [3.8, 4) is 5.75 Å². The van der Waals surface area contributed by atoms with E-state index in [4.69, 9.17) is 29.4 Å². The lowest BCUT2D eigenvalue weighted by Gasteiger charge is -2.34. The Labute approximate surface area is 193 Å². The van der Waals surface area contributed by atoms with Gasteiger partial charge in [0.25, 0.3) is 0 Å². The summed E-state index contributed by atoms with van der Waals surface area (Å²) < 4.78 is 26.7. The minimum absolute atomic E-state index is 0.00383. The third-order valence-electron chi connectivity index (χ3n) is 5.57. The fraction of sp³-hybridized carbons (Fsp3) is 0.318. The number of amides is 2. The van der Waals surface area contributed by atoms with Crippen LogP contribution in [0, 0.1) is 0 Å². The number of hydrogen-bond donors (Lipinski definition) is 1. The number of aliphatic imine (C=N–C) groups is 1. The number of benzene rings is 1. The lowest BCUT2D eigenvalue weighted by atomic mass is 10.1. The molecule has 4 rings (SSSR count). The molecule has 12 heteroatoms. The van der Waals surface area contributed by atoms with Gasteiger partial charge in [-0.1, -0.05) is 0 Å². The summed E-state index contributed by atoms with van der Waals surface area (Å²) in [4.78, 5) is 53.3. The number of carbonyl (C=O) groups is 4. The Balaban J connectivity index is 1.58. The maximum absolute atomic E-state index is 12.7. The third-order valence-corrected chi connectivity index (χ3v) is 5.57. The highest BCUT2D eigenvalue weighted by atomic mass is 16.7. The van der Waals surface area contributed by atoms with Gasteiger partial charge in [-0.2, -0.15) is 4.48 Å². The van der Waals surface area contributed by atoms with Crippen LogP contribution in [0.3, 0.4) is 0 Å². The van der Waals surface area contributed by atoms with Gasteiger partial charge in [-0.15, -0.1) is 4.99 Å². The minimum atomic E-state index is -1.20. The summed E-state index contributed by atoms with van der Waals surface area (Å²) >= 11 is 0. The summed E-state index contributed by atoms with van der Waals surface area (Å²) in [6, 6.07) is 5.57. The Hall–Kier alpha value is -4.03. The van der Waals surface area contributed by atoms with Gasteiger partial charge in [-0.05, 0) is 24.3 Å². The summed E-state index contributed by atoms with van der Waals surface area (Å²) in [6.07, 6.45) is 0.124. The van der Waals surface area contributed by atoms with Crippen molar-refractivity contribution in [1.82, 2.24) is 0 Å². The molecule has 0 bridgehead atoms. The summed E-state index contributed by atoms with van der Waals surface area (Å²) in [5, 5.41) is 0. The van der Waals surface area contributed by atoms with Crippen molar-refractivity contribution in [3.05, 3.63) is 54.3 Å². The van der Waals surface area contributed by atoms with Crippen molar-refractivity contribution < 1.29 is 47.3 Å². The molecule has 1 fully saturated rings. The Morgan fingerprint density at radius 1 is 1.06 bits per heavy atom. The van der Waals surface area contributed by atoms with E-state index < -0.39 is 53.0 Å². The number of likely N-dealkylation sites (N-methyl/N-ethyl adjacent to an activating group) is 1. The summed E-state index contributed by atoms with van der Waals surface area (Å²) in [5.74, 6) is -1.72. The number of fused-ring (bicyclic) bond motifs is 1. The average Bonchev–Trinajstić information content (AvgIpc) is 3.14. The molecule has 178 valence electrons. The van der Waals surface area contributed by atoms with Crippen LogP contribution in [-0.2, 0) is 28.5 Å². The molecule has 1 aromatic carbocycles. The average molecular weight is 472 g/mol. The van der Waals surface area contributed by atoms with Crippen molar-refractivity contribution in [2.45, 2.75) is 24.5 Å². The van der Waals surface area contributed by atoms with Gasteiger partial charge in [-0.3, -0.25) is 0 Å². The highest BCUT2D eigenvalue weighted by molar-refractivity contribution is 5.99. The maximum atomic E-state index is 12.7. The van der Waals surface area contributed by atoms with Crippen molar-refractivity contribution in [2.24, 2.45) is 10.7 Å². The van der Waals surface area contributed by atoms with Crippen LogP contribution in [0.15, 0.2) is 53.7 Å². The molecule has 1 aromatic rings. The second kappa shape index (κ2) is 9.08. The van der Waals surface area contributed by atoms with E-state index in [1.165, 1.54) is 38.6 Å². The predicted octanol–water partition coefficient (Wildman–Crippen LogP) is 0.421. The second-order valence-corrected chi connectivity index (χ2v) is 7.81. The predicted molar refractivity (Wildman–Crippen MR) is 113 cm³/mol. The lowest BCUT2D eigenvalue weighted by Crippen LogP contribution is -2.58. The van der Waals surface area contributed by atoms with Crippen molar-refractivity contribution >= 4 is 29.8 Å². The monoisotopic (exact) mass is 472 g/mol. The smallest absolute Gasteiger partial charge is 0.451 e. The van der Waals surface area contributed by atoms with E-state index >= 15 is 0 Å². The lowest BCUT2D eigenvalue weighted by molar-refractivity contribution is -0.834. The molecule has 0 saturated carbocycles. The molecule has 0 aliphatic carbocycles. The fourth-order valence-corrected chi connectivity index (χ4v) is 3.74. The van der Waals surface area contributed by atoms with E-state index in [1.54, 1.807) is 12.1 Å². The quantitative estimate of drug-likeness (QED) is 0.362. The molecule has 3 aliphatic heterocycles. The van der Waals surface area contributed by atoms with E-state index in [9.17, 15) is 19.2 Å². The number of esters is 3. The number of methoxy groups -OCH3 is 1. The van der Waals surface area contributed by atoms with Crippen molar-refractivity contribution in [1.29, 1.82) is 0 Å². The summed E-state index contributed by atoms with van der Waals surface area (Å²) in [7, 11) is 2.98. The Morgan fingerprint density at radius 3 is 2.32 bits per heavy atom. The van der Waals surface area contributed by atoms with Gasteiger partial charge in [0.15, 0.2) is 6.10 Å². The molecule has 0 radical (unpaired) electrons. The molecule has 1 saturated heterocycles. The number of nitrogens with zero attached hydrogens (tertiary/aromatic N) is 2. The first-order chi connectivity index (χ1) is 16.2. The van der Waals surface area contributed by atoms with Crippen LogP contribution in [-0.4, -0.2) is 79.6 Å². The summed E-state index contributed by atoms with van der Waals surface area (Å²) in [6.45, 7) is -0.347. The van der Waals surface area contributed by atoms with E-state index in [0.717, 1.165) is 12.2 Å². The van der Waals surface area contributed by atoms with Crippen molar-refractivity contribution in [3.63, 3.8) is 0 Å². The zero-order valence-corrected chi connectivity index (χ0v) is 18.3. The van der Waals surface area contributed by atoms with E-state index in [2.05, 4.69) is 4.99 Å². The van der Waals surface area contributed by atoms with Crippen LogP contribution >= 0.6 is 0 Å². The highest BCUT2D eigenvalue weighted by Gasteiger charge is 2.60. The summed E-state index contributed by atoms with van der Waals surface area (Å²) in [5.41, 5.74) is 5.86. The highest BCUT2D eigenvalue weighted by Crippen LogP contribution is 2.35. The maximum Gasteiger partial charge on any atom is 0.451 e. The first kappa shape index (κ1) is 23.1. The van der Waals surface area contributed by atoms with Crippen LogP contribution in [0.2, 0.25) is 0 Å². The topological polar surface area (TPSA) is 153 Å². The first-order valence-electron chi connectivity index (χ1n) is 10.2. The largest absolute Gasteiger partial charge is 0.497 e. The molecule has 3 heterocycles. The molecule has 2 amide bonds. The SMILES string of the molecule is COc1ccc(C(=O)OC[C@H]2O[C@@H]([N+]3(C)C=CC(N)=NC3=O)[C@H]3OC(=O)/C=C\C(=O)OC23)cc1. The molecule has 12 nitrogen and oxygen atoms in total. The van der Waals surface area contributed by atoms with E-state index in [1.807, 2.05) is 0 Å². The number of urea groups is 1. The fourth-order valence-electron chi connectivity index (χ4n) is 3.74. The van der Waals surface area contributed by atoms with Gasteiger partial charge in [0.05, 0.1) is 19.7 Å². The third kappa shape index (κ3) is 4.40. The van der Waals surface area contributed by atoms with Gasteiger partial charge in [0, 0.05) is 18.2 Å². The van der Waals surface area contributed by atoms with Crippen LogP contribution in [0.5, 0.6) is 5.75 Å². The van der Waals surface area contributed by atoms with Crippen LogP contribution in [0.4, 0.5) is 4.79 Å². The number of amidine groups is 1. The second-order valence-electron chi connectivity index (χ2n) is 7.81. The van der Waals surface area contributed by atoms with Gasteiger partial charge in [0.2, 0.25) is 12.3 Å². The van der Waals surface area contributed by atoms with Gasteiger partial charge >= 0.3 is 23.9 Å². The minimum Gasteiger partial charge on any atom is -0.497 e. The van der Waals surface area contributed by atoms with E-state index in [-0.39, 0.29) is 18.0 Å². The normalized spacial score (nSPS) is 31.4. The molecule has 2 unspecified atom stereocenters. The Bertz CT molecular complexity index is 1110. The zero-order valence-electron chi connectivity index (χ0n) is 18.3. The van der Waals surface area contributed by atoms with E-state index in [0.29, 0.717) is 5.75 Å². The van der Waals surface area contributed by atoms with Crippen LogP contribution in [0.1, 0.15) is 10.4 Å². The van der Waals surface area contributed by atoms with Gasteiger partial charge in [-0.25, -0.2) is 19.2 Å². The van der Waals surface area contributed by atoms with Gasteiger partial charge in [0.1, 0.15) is 30.5 Å². The number of rotatable bonds is 5. The zero-order chi connectivity index (χ0) is 24.5. The van der Waals surface area contributed by atoms with Crippen LogP contribution in [0.25, 0.3) is 0 Å². The number of quaternary nitrogens is 1. The van der Waals surface area contributed by atoms with Crippen molar-refractivity contribution in [2.75, 3.05) is 20.8 Å². The molecule has 5 atom stereocenters.